The molecule has 1 aliphatic rings. The summed E-state index contributed by atoms with van der Waals surface area (Å²) in [7, 11) is 1.34. The molecule has 8 heteroatoms. The van der Waals surface area contributed by atoms with Crippen molar-refractivity contribution >= 4 is 28.9 Å². The first-order valence-corrected chi connectivity index (χ1v) is 11.8. The molecule has 1 amide bonds. The normalized spacial score (nSPS) is 19.4. The van der Waals surface area contributed by atoms with Crippen molar-refractivity contribution in [1.29, 1.82) is 0 Å². The zero-order valence-corrected chi connectivity index (χ0v) is 19.3. The van der Waals surface area contributed by atoms with E-state index in [1.165, 1.54) is 18.4 Å². The third kappa shape index (κ3) is 5.95. The van der Waals surface area contributed by atoms with Gasteiger partial charge in [-0.2, -0.15) is 0 Å². The number of methoxy groups -OCH3 is 1. The lowest BCUT2D eigenvalue weighted by molar-refractivity contribution is -0.117. The average Bonchev–Trinajstić information content (AvgIpc) is 3.37. The van der Waals surface area contributed by atoms with Crippen LogP contribution in [0, 0.1) is 0 Å². The average molecular weight is 462 g/mol. The summed E-state index contributed by atoms with van der Waals surface area (Å²) in [5.74, 6) is -0.547. The fraction of sp³-hybridized carbons (Fsp3) is 0.500. The van der Waals surface area contributed by atoms with Gasteiger partial charge in [0, 0.05) is 10.6 Å². The summed E-state index contributed by atoms with van der Waals surface area (Å²) in [5, 5.41) is 20.8. The number of benzene rings is 1. The molecule has 174 valence electrons. The number of rotatable bonds is 11. The van der Waals surface area contributed by atoms with Crippen LogP contribution in [0.15, 0.2) is 36.4 Å². The van der Waals surface area contributed by atoms with Crippen molar-refractivity contribution in [1.82, 2.24) is 0 Å². The monoisotopic (exact) mass is 461 g/mol. The van der Waals surface area contributed by atoms with Crippen molar-refractivity contribution in [2.75, 3.05) is 18.6 Å². The largest absolute Gasteiger partial charge is 0.465 e. The van der Waals surface area contributed by atoms with E-state index < -0.39 is 18.2 Å². The molecule has 2 aromatic rings. The molecule has 3 atom stereocenters. The summed E-state index contributed by atoms with van der Waals surface area (Å²) < 4.78 is 10.5. The smallest absolute Gasteiger partial charge is 0.348 e. The highest BCUT2D eigenvalue weighted by molar-refractivity contribution is 7.13. The van der Waals surface area contributed by atoms with Gasteiger partial charge < -0.3 is 24.6 Å². The second-order valence-corrected chi connectivity index (χ2v) is 9.15. The molecular weight excluding hydrogens is 430 g/mol. The third-order valence-electron chi connectivity index (χ3n) is 5.65. The Kier molecular flexibility index (Phi) is 8.81. The Bertz CT molecular complexity index is 896. The van der Waals surface area contributed by atoms with Crippen molar-refractivity contribution in [3.05, 3.63) is 51.7 Å². The maximum absolute atomic E-state index is 12.5. The minimum Gasteiger partial charge on any atom is -0.465 e. The van der Waals surface area contributed by atoms with Gasteiger partial charge >= 0.3 is 5.97 Å². The second kappa shape index (κ2) is 11.6. The Morgan fingerprint density at radius 1 is 1.22 bits per heavy atom. The summed E-state index contributed by atoms with van der Waals surface area (Å²) >= 11 is 1.29. The van der Waals surface area contributed by atoms with E-state index in [2.05, 4.69) is 6.92 Å². The molecule has 1 unspecified atom stereocenters. The van der Waals surface area contributed by atoms with Crippen molar-refractivity contribution in [2.24, 2.45) is 0 Å². The highest BCUT2D eigenvalue weighted by atomic mass is 32.1. The Balaban J connectivity index is 1.60. The summed E-state index contributed by atoms with van der Waals surface area (Å²) in [6, 6.07) is 10.3. The number of aliphatic hydroxyl groups is 2. The lowest BCUT2D eigenvalue weighted by Gasteiger charge is -2.26. The number of nitrogens with zero attached hydrogens (tertiary/aromatic N) is 1. The van der Waals surface area contributed by atoms with Gasteiger partial charge in [-0.1, -0.05) is 38.3 Å². The number of amides is 1. The van der Waals surface area contributed by atoms with Gasteiger partial charge in [0.1, 0.15) is 4.88 Å². The van der Waals surface area contributed by atoms with Gasteiger partial charge in [-0.25, -0.2) is 4.79 Å². The molecular formula is C24H31NO6S. The topological polar surface area (TPSA) is 96.3 Å². The van der Waals surface area contributed by atoms with E-state index in [0.29, 0.717) is 17.0 Å². The van der Waals surface area contributed by atoms with Gasteiger partial charge in [0.2, 0.25) is 5.91 Å². The number of thiophene rings is 1. The predicted octanol–water partition coefficient (Wildman–Crippen LogP) is 3.83. The zero-order chi connectivity index (χ0) is 23.1. The van der Waals surface area contributed by atoms with Gasteiger partial charge in [-0.05, 0) is 36.2 Å². The molecule has 2 heterocycles. The number of unbranched alkanes of at least 4 members (excludes halogenated alkanes) is 2. The summed E-state index contributed by atoms with van der Waals surface area (Å²) in [5.41, 5.74) is 1.50. The Labute approximate surface area is 192 Å². The van der Waals surface area contributed by atoms with E-state index in [4.69, 9.17) is 9.47 Å². The molecule has 7 nitrogen and oxygen atoms in total. The predicted molar refractivity (Wildman–Crippen MR) is 123 cm³/mol. The number of anilines is 1. The first-order valence-electron chi connectivity index (χ1n) is 11.0. The second-order valence-electron chi connectivity index (χ2n) is 7.98. The number of carbonyl (C=O) groups is 2. The number of aliphatic hydroxyl groups excluding tert-OH is 2. The van der Waals surface area contributed by atoms with Gasteiger partial charge in [0.15, 0.2) is 0 Å². The highest BCUT2D eigenvalue weighted by Gasteiger charge is 2.39. The highest BCUT2D eigenvalue weighted by Crippen LogP contribution is 2.30. The minimum atomic E-state index is -0.823. The van der Waals surface area contributed by atoms with Crippen LogP contribution in [0.4, 0.5) is 5.69 Å². The molecule has 1 aliphatic heterocycles. The number of hydrogen-bond donors (Lipinski definition) is 2. The van der Waals surface area contributed by atoms with Crippen LogP contribution in [0.3, 0.4) is 0 Å². The van der Waals surface area contributed by atoms with Crippen LogP contribution >= 0.6 is 11.3 Å². The lowest BCUT2D eigenvalue weighted by atomic mass is 10.0. The molecule has 1 fully saturated rings. The maximum atomic E-state index is 12.5. The van der Waals surface area contributed by atoms with Crippen LogP contribution in [-0.4, -0.2) is 48.0 Å². The van der Waals surface area contributed by atoms with Crippen LogP contribution in [0.2, 0.25) is 0 Å². The van der Waals surface area contributed by atoms with Gasteiger partial charge in [0.25, 0.3) is 0 Å². The summed E-state index contributed by atoms with van der Waals surface area (Å²) in [6.07, 6.45) is 2.58. The molecule has 1 saturated heterocycles. The van der Waals surface area contributed by atoms with Crippen LogP contribution in [0.1, 0.15) is 65.2 Å². The fourth-order valence-corrected chi connectivity index (χ4v) is 4.71. The molecule has 3 rings (SSSR count). The summed E-state index contributed by atoms with van der Waals surface area (Å²) in [4.78, 5) is 27.1. The van der Waals surface area contributed by atoms with Gasteiger partial charge in [-0.3, -0.25) is 4.79 Å². The number of hydrogen-bond acceptors (Lipinski definition) is 7. The molecule has 0 spiro atoms. The number of ether oxygens (including phenoxy) is 2. The van der Waals surface area contributed by atoms with E-state index in [1.54, 1.807) is 17.0 Å². The minimum absolute atomic E-state index is 0.0426. The van der Waals surface area contributed by atoms with Crippen molar-refractivity contribution in [2.45, 2.75) is 63.9 Å². The number of carbonyl (C=O) groups excluding carboxylic acids is 2. The first-order chi connectivity index (χ1) is 15.4. The van der Waals surface area contributed by atoms with Gasteiger partial charge in [0.05, 0.1) is 45.0 Å². The SMILES string of the molecule is CCCCCC(O)c1ccc(N2C(=O)C[C@H](O)[C@@H]2COCc2ccc(C(=O)OC)s2)cc1. The van der Waals surface area contributed by atoms with E-state index in [1.807, 2.05) is 24.3 Å². The molecule has 0 radical (unpaired) electrons. The molecule has 2 N–H and O–H groups in total. The van der Waals surface area contributed by atoms with E-state index in [0.717, 1.165) is 29.7 Å². The Morgan fingerprint density at radius 2 is 1.97 bits per heavy atom. The van der Waals surface area contributed by atoms with Crippen LogP contribution in [0.25, 0.3) is 0 Å². The maximum Gasteiger partial charge on any atom is 0.348 e. The van der Waals surface area contributed by atoms with Crippen LogP contribution in [-0.2, 0) is 20.9 Å². The molecule has 0 aliphatic carbocycles. The first kappa shape index (κ1) is 24.4. The third-order valence-corrected chi connectivity index (χ3v) is 6.69. The molecule has 1 aromatic heterocycles. The fourth-order valence-electron chi connectivity index (χ4n) is 3.85. The van der Waals surface area contributed by atoms with Crippen LogP contribution in [0.5, 0.6) is 0 Å². The Hall–Kier alpha value is -2.26. The van der Waals surface area contributed by atoms with E-state index in [9.17, 15) is 19.8 Å². The van der Waals surface area contributed by atoms with Gasteiger partial charge in [-0.15, -0.1) is 11.3 Å². The zero-order valence-electron chi connectivity index (χ0n) is 18.5. The molecule has 0 saturated carbocycles. The molecule has 0 bridgehead atoms. The van der Waals surface area contributed by atoms with E-state index >= 15 is 0 Å². The van der Waals surface area contributed by atoms with Crippen molar-refractivity contribution in [3.63, 3.8) is 0 Å². The molecule has 32 heavy (non-hydrogen) atoms. The summed E-state index contributed by atoms with van der Waals surface area (Å²) in [6.45, 7) is 2.57. The van der Waals surface area contributed by atoms with E-state index in [-0.39, 0.29) is 31.5 Å². The standard InChI is InChI=1S/C24H31NO6S/c1-3-4-5-6-20(26)16-7-9-17(10-8-16)25-19(21(27)13-23(25)28)15-31-14-18-11-12-22(32-18)24(29)30-2/h7-12,19-21,26-27H,3-6,13-15H2,1-2H3/t19-,20?,21-/m0/s1. The lowest BCUT2D eigenvalue weighted by Crippen LogP contribution is -2.40. The quantitative estimate of drug-likeness (QED) is 0.390. The van der Waals surface area contributed by atoms with Crippen LogP contribution < -0.4 is 4.90 Å². The van der Waals surface area contributed by atoms with Crippen molar-refractivity contribution < 1.29 is 29.3 Å². The van der Waals surface area contributed by atoms with Crippen molar-refractivity contribution in [3.8, 4) is 0 Å². The molecule has 1 aromatic carbocycles. The Morgan fingerprint density at radius 3 is 2.66 bits per heavy atom. The number of esters is 1.